The number of Topliss-reactive ketones (excluding diaryl/α,β-unsaturated/α-hetero) is 1. The van der Waals surface area contributed by atoms with Gasteiger partial charge in [-0.3, -0.25) is 19.2 Å². The molecule has 8 nitrogen and oxygen atoms in total. The van der Waals surface area contributed by atoms with E-state index in [4.69, 9.17) is 4.74 Å². The molecule has 3 aromatic carbocycles. The zero-order chi connectivity index (χ0) is 23.8. The highest BCUT2D eigenvalue weighted by atomic mass is 16.5. The average Bonchev–Trinajstić information content (AvgIpc) is 2.82. The lowest BCUT2D eigenvalue weighted by molar-refractivity contribution is -0.114. The van der Waals surface area contributed by atoms with E-state index in [1.54, 1.807) is 37.4 Å². The zero-order valence-electron chi connectivity index (χ0n) is 18.2. The fourth-order valence-electron chi connectivity index (χ4n) is 3.12. The van der Waals surface area contributed by atoms with E-state index in [0.717, 1.165) is 5.56 Å². The summed E-state index contributed by atoms with van der Waals surface area (Å²) in [5, 5.41) is 7.86. The van der Waals surface area contributed by atoms with Crippen molar-refractivity contribution < 1.29 is 23.9 Å². The Morgan fingerprint density at radius 2 is 1.48 bits per heavy atom. The number of benzene rings is 3. The molecule has 0 saturated heterocycles. The molecule has 3 rings (SSSR count). The number of rotatable bonds is 8. The first-order valence-electron chi connectivity index (χ1n) is 10.1. The second-order valence-electron chi connectivity index (χ2n) is 7.08. The van der Waals surface area contributed by atoms with Gasteiger partial charge >= 0.3 is 0 Å². The monoisotopic (exact) mass is 445 g/mol. The number of hydrogen-bond donors (Lipinski definition) is 3. The third-order valence-electron chi connectivity index (χ3n) is 4.73. The first-order valence-corrected chi connectivity index (χ1v) is 10.1. The van der Waals surface area contributed by atoms with Gasteiger partial charge in [-0.1, -0.05) is 30.3 Å². The maximum Gasteiger partial charge on any atom is 0.296 e. The summed E-state index contributed by atoms with van der Waals surface area (Å²) >= 11 is 0. The van der Waals surface area contributed by atoms with Crippen LogP contribution in [0, 0.1) is 0 Å². The Kier molecular flexibility index (Phi) is 7.54. The van der Waals surface area contributed by atoms with E-state index in [1.165, 1.54) is 25.1 Å². The van der Waals surface area contributed by atoms with Gasteiger partial charge in [0, 0.05) is 30.3 Å². The van der Waals surface area contributed by atoms with Crippen molar-refractivity contribution in [2.24, 2.45) is 0 Å². The zero-order valence-corrected chi connectivity index (χ0v) is 18.2. The molecule has 0 fully saturated rings. The average molecular weight is 445 g/mol. The number of anilines is 2. The summed E-state index contributed by atoms with van der Waals surface area (Å²) in [5.74, 6) is -1.62. The molecule has 0 saturated carbocycles. The number of ether oxygens (including phenoxy) is 1. The summed E-state index contributed by atoms with van der Waals surface area (Å²) < 4.78 is 5.27. The van der Waals surface area contributed by atoms with Crippen molar-refractivity contribution in [2.45, 2.75) is 13.5 Å². The van der Waals surface area contributed by atoms with Crippen LogP contribution in [0.3, 0.4) is 0 Å². The minimum atomic E-state index is -0.860. The van der Waals surface area contributed by atoms with Crippen LogP contribution in [-0.4, -0.2) is 30.6 Å². The molecule has 0 aliphatic carbocycles. The Morgan fingerprint density at radius 1 is 0.818 bits per heavy atom. The molecule has 0 heterocycles. The van der Waals surface area contributed by atoms with E-state index >= 15 is 0 Å². The van der Waals surface area contributed by atoms with Crippen LogP contribution in [0.1, 0.15) is 33.2 Å². The van der Waals surface area contributed by atoms with E-state index in [0.29, 0.717) is 23.5 Å². The van der Waals surface area contributed by atoms with Crippen LogP contribution in [0.15, 0.2) is 72.8 Å². The molecule has 0 spiro atoms. The van der Waals surface area contributed by atoms with Crippen molar-refractivity contribution in [1.82, 2.24) is 5.32 Å². The Balaban J connectivity index is 1.62. The second-order valence-corrected chi connectivity index (χ2v) is 7.08. The first-order chi connectivity index (χ1) is 15.9. The predicted molar refractivity (Wildman–Crippen MR) is 124 cm³/mol. The number of carbonyl (C=O) groups is 4. The molecular formula is C25H23N3O5. The van der Waals surface area contributed by atoms with Gasteiger partial charge < -0.3 is 20.7 Å². The van der Waals surface area contributed by atoms with Gasteiger partial charge in [-0.05, 0) is 42.5 Å². The van der Waals surface area contributed by atoms with Crippen LogP contribution in [0.25, 0.3) is 0 Å². The first kappa shape index (κ1) is 23.2. The number of nitrogens with one attached hydrogen (secondary N) is 3. The number of para-hydroxylation sites is 2. The number of methoxy groups -OCH3 is 1. The molecular weight excluding hydrogens is 422 g/mol. The van der Waals surface area contributed by atoms with Crippen LogP contribution >= 0.6 is 0 Å². The number of carbonyl (C=O) groups excluding carboxylic acids is 4. The number of hydrogen-bond acceptors (Lipinski definition) is 5. The lowest BCUT2D eigenvalue weighted by atomic mass is 10.1. The van der Waals surface area contributed by atoms with Crippen LogP contribution in [0.5, 0.6) is 5.75 Å². The highest BCUT2D eigenvalue weighted by Gasteiger charge is 2.20. The predicted octanol–water partition coefficient (Wildman–Crippen LogP) is 3.41. The van der Waals surface area contributed by atoms with Crippen LogP contribution in [0.4, 0.5) is 11.4 Å². The molecule has 0 aliphatic rings. The Bertz CT molecular complexity index is 1190. The highest BCUT2D eigenvalue weighted by molar-refractivity contribution is 6.47. The molecule has 3 amide bonds. The Labute approximate surface area is 191 Å². The summed E-state index contributed by atoms with van der Waals surface area (Å²) in [4.78, 5) is 48.8. The summed E-state index contributed by atoms with van der Waals surface area (Å²) in [6, 6.07) is 19.8. The molecule has 0 unspecified atom stereocenters. The van der Waals surface area contributed by atoms with Crippen molar-refractivity contribution in [3.05, 3.63) is 89.5 Å². The Hall–Kier alpha value is -4.46. The van der Waals surface area contributed by atoms with E-state index in [-0.39, 0.29) is 23.1 Å². The summed E-state index contributed by atoms with van der Waals surface area (Å²) in [5.41, 5.74) is 1.93. The minimum Gasteiger partial charge on any atom is -0.496 e. The second kappa shape index (κ2) is 10.7. The number of ketones is 1. The lowest BCUT2D eigenvalue weighted by Gasteiger charge is -2.11. The van der Waals surface area contributed by atoms with Gasteiger partial charge in [0.1, 0.15) is 5.75 Å². The maximum atomic E-state index is 12.6. The fraction of sp³-hybridized carbons (Fsp3) is 0.120. The van der Waals surface area contributed by atoms with Gasteiger partial charge in [-0.25, -0.2) is 0 Å². The fourth-order valence-corrected chi connectivity index (χ4v) is 3.12. The summed E-state index contributed by atoms with van der Waals surface area (Å²) in [7, 11) is 1.57. The summed E-state index contributed by atoms with van der Waals surface area (Å²) in [6.45, 7) is 1.61. The molecule has 3 aromatic rings. The molecule has 8 heteroatoms. The quantitative estimate of drug-likeness (QED) is 0.363. The minimum absolute atomic E-state index is 0.0811. The van der Waals surface area contributed by atoms with Gasteiger partial charge in [0.05, 0.1) is 18.4 Å². The molecule has 0 aromatic heterocycles. The van der Waals surface area contributed by atoms with Gasteiger partial charge in [0.2, 0.25) is 5.91 Å². The molecule has 0 radical (unpaired) electrons. The van der Waals surface area contributed by atoms with Crippen LogP contribution < -0.4 is 20.7 Å². The largest absolute Gasteiger partial charge is 0.496 e. The van der Waals surface area contributed by atoms with Crippen molar-refractivity contribution in [2.75, 3.05) is 17.7 Å². The highest BCUT2D eigenvalue weighted by Crippen LogP contribution is 2.18. The molecule has 3 N–H and O–H groups in total. The smallest absolute Gasteiger partial charge is 0.296 e. The van der Waals surface area contributed by atoms with E-state index in [9.17, 15) is 19.2 Å². The molecule has 0 atom stereocenters. The molecule has 168 valence electrons. The van der Waals surface area contributed by atoms with Crippen LogP contribution in [-0.2, 0) is 16.1 Å². The number of amides is 3. The summed E-state index contributed by atoms with van der Waals surface area (Å²) in [6.07, 6.45) is 0. The standard InChI is InChI=1S/C25H23N3O5/c1-16(29)27-21-9-5-4-8-20(21)23(30)25(32)28-19-13-11-17(12-14-19)24(31)26-15-18-7-3-6-10-22(18)33-2/h3-14H,15H2,1-2H3,(H,26,31)(H,27,29)(H,28,32). The molecule has 33 heavy (non-hydrogen) atoms. The third kappa shape index (κ3) is 6.04. The normalized spacial score (nSPS) is 10.1. The SMILES string of the molecule is COc1ccccc1CNC(=O)c1ccc(NC(=O)C(=O)c2ccccc2NC(C)=O)cc1. The molecule has 0 aliphatic heterocycles. The molecule has 0 bridgehead atoms. The van der Waals surface area contributed by atoms with Crippen molar-refractivity contribution in [3.63, 3.8) is 0 Å². The lowest BCUT2D eigenvalue weighted by Crippen LogP contribution is -2.25. The maximum absolute atomic E-state index is 12.6. The van der Waals surface area contributed by atoms with Gasteiger partial charge in [-0.15, -0.1) is 0 Å². The van der Waals surface area contributed by atoms with E-state index in [1.807, 2.05) is 24.3 Å². The Morgan fingerprint density at radius 3 is 2.18 bits per heavy atom. The third-order valence-corrected chi connectivity index (χ3v) is 4.73. The van der Waals surface area contributed by atoms with Crippen LogP contribution in [0.2, 0.25) is 0 Å². The van der Waals surface area contributed by atoms with Gasteiger partial charge in [-0.2, -0.15) is 0 Å². The van der Waals surface area contributed by atoms with Crippen molar-refractivity contribution >= 4 is 34.9 Å². The van der Waals surface area contributed by atoms with Gasteiger partial charge in [0.15, 0.2) is 0 Å². The van der Waals surface area contributed by atoms with Gasteiger partial charge in [0.25, 0.3) is 17.6 Å². The topological polar surface area (TPSA) is 114 Å². The van der Waals surface area contributed by atoms with Crippen molar-refractivity contribution in [3.8, 4) is 5.75 Å². The van der Waals surface area contributed by atoms with Crippen molar-refractivity contribution in [1.29, 1.82) is 0 Å². The van der Waals surface area contributed by atoms with E-state index < -0.39 is 11.7 Å². The van der Waals surface area contributed by atoms with E-state index in [2.05, 4.69) is 16.0 Å².